The summed E-state index contributed by atoms with van der Waals surface area (Å²) in [7, 11) is -4.17. The van der Waals surface area contributed by atoms with Crippen LogP contribution in [0.25, 0.3) is 0 Å². The van der Waals surface area contributed by atoms with Crippen molar-refractivity contribution in [1.29, 1.82) is 0 Å². The molecular weight excluding hydrogens is 395 g/mol. The number of carbonyl (C=O) groups excluding carboxylic acids is 2. The number of sulfonamides is 1. The number of benzene rings is 2. The van der Waals surface area contributed by atoms with Gasteiger partial charge in [-0.3, -0.25) is 9.59 Å². The summed E-state index contributed by atoms with van der Waals surface area (Å²) in [5.74, 6) is -1.61. The highest BCUT2D eigenvalue weighted by molar-refractivity contribution is 7.89. The lowest BCUT2D eigenvalue weighted by Crippen LogP contribution is -2.55. The van der Waals surface area contributed by atoms with E-state index in [9.17, 15) is 22.4 Å². The van der Waals surface area contributed by atoms with E-state index in [0.717, 1.165) is 21.3 Å². The van der Waals surface area contributed by atoms with Crippen LogP contribution in [-0.4, -0.2) is 36.1 Å². The zero-order valence-corrected chi connectivity index (χ0v) is 17.3. The third kappa shape index (κ3) is 3.82. The lowest BCUT2D eigenvalue weighted by atomic mass is 10.00. The number of carbonyl (C=O) groups is 2. The fourth-order valence-corrected chi connectivity index (χ4v) is 5.42. The maximum atomic E-state index is 13.5. The van der Waals surface area contributed by atoms with Crippen molar-refractivity contribution in [2.75, 3.05) is 4.90 Å². The van der Waals surface area contributed by atoms with Crippen molar-refractivity contribution in [1.82, 2.24) is 4.31 Å². The Morgan fingerprint density at radius 2 is 1.66 bits per heavy atom. The van der Waals surface area contributed by atoms with Crippen LogP contribution in [0.1, 0.15) is 33.6 Å². The van der Waals surface area contributed by atoms with Gasteiger partial charge in [0.05, 0.1) is 17.0 Å². The maximum absolute atomic E-state index is 13.5. The van der Waals surface area contributed by atoms with E-state index in [-0.39, 0.29) is 11.3 Å². The normalized spacial score (nSPS) is 18.0. The van der Waals surface area contributed by atoms with Gasteiger partial charge in [0.25, 0.3) is 5.91 Å². The lowest BCUT2D eigenvalue weighted by molar-refractivity contribution is -0.122. The average molecular weight is 418 g/mol. The molecule has 0 aliphatic carbocycles. The maximum Gasteiger partial charge on any atom is 0.252 e. The van der Waals surface area contributed by atoms with E-state index in [1.165, 1.54) is 12.1 Å². The molecule has 1 atom stereocenters. The van der Waals surface area contributed by atoms with E-state index in [4.69, 9.17) is 0 Å². The zero-order valence-electron chi connectivity index (χ0n) is 16.5. The van der Waals surface area contributed by atoms with Crippen LogP contribution in [0, 0.1) is 5.82 Å². The lowest BCUT2D eigenvalue weighted by Gasteiger charge is -2.39. The largest absolute Gasteiger partial charge is 0.274 e. The van der Waals surface area contributed by atoms with Crippen LogP contribution in [0.3, 0.4) is 0 Å². The highest BCUT2D eigenvalue weighted by atomic mass is 32.2. The van der Waals surface area contributed by atoms with Crippen LogP contribution in [0.15, 0.2) is 59.5 Å². The van der Waals surface area contributed by atoms with Gasteiger partial charge in [-0.1, -0.05) is 25.1 Å². The zero-order chi connectivity index (χ0) is 21.4. The molecule has 0 spiro atoms. The summed E-state index contributed by atoms with van der Waals surface area (Å²) in [5, 5.41) is 0. The summed E-state index contributed by atoms with van der Waals surface area (Å²) in [6.45, 7) is 5.22. The molecule has 2 aromatic carbocycles. The Labute approximate surface area is 170 Å². The number of imide groups is 1. The number of hydrogen-bond acceptors (Lipinski definition) is 4. The van der Waals surface area contributed by atoms with Gasteiger partial charge in [-0.25, -0.2) is 17.7 Å². The molecule has 0 radical (unpaired) electrons. The van der Waals surface area contributed by atoms with Gasteiger partial charge in [0, 0.05) is 5.54 Å². The van der Waals surface area contributed by atoms with Gasteiger partial charge in [0.1, 0.15) is 11.9 Å². The first kappa shape index (κ1) is 21.1. The Bertz CT molecular complexity index is 1020. The minimum atomic E-state index is -4.17. The van der Waals surface area contributed by atoms with Gasteiger partial charge in [-0.05, 0) is 56.7 Å². The molecule has 2 amide bonds. The summed E-state index contributed by atoms with van der Waals surface area (Å²) in [5.41, 5.74) is -0.543. The first-order valence-corrected chi connectivity index (χ1v) is 10.8. The number of amides is 2. The molecule has 1 unspecified atom stereocenters. The van der Waals surface area contributed by atoms with Gasteiger partial charge in [-0.2, -0.15) is 4.31 Å². The van der Waals surface area contributed by atoms with E-state index in [0.29, 0.717) is 12.1 Å². The number of nitrogens with zero attached hydrogens (tertiary/aromatic N) is 2. The smallest absolute Gasteiger partial charge is 0.252 e. The standard InChI is InChI=1S/C21H23FN2O4S/c1-4-21(2,3)24(29(27,28)17-12-10-15(22)11-13-17)18-14-19(25)23(20(18)26)16-8-6-5-7-9-16/h5-13,18H,4,14H2,1-3H3. The Hall–Kier alpha value is -2.58. The molecule has 8 heteroatoms. The minimum Gasteiger partial charge on any atom is -0.274 e. The second kappa shape index (κ2) is 7.68. The number of para-hydroxylation sites is 1. The predicted octanol–water partition coefficient (Wildman–Crippen LogP) is 3.34. The molecule has 2 aromatic rings. The van der Waals surface area contributed by atoms with Crippen LogP contribution >= 0.6 is 0 Å². The molecule has 0 bridgehead atoms. The quantitative estimate of drug-likeness (QED) is 0.675. The fraction of sp³-hybridized carbons (Fsp3) is 0.333. The molecule has 0 N–H and O–H groups in total. The Balaban J connectivity index is 2.08. The molecule has 3 rings (SSSR count). The first-order valence-electron chi connectivity index (χ1n) is 9.31. The third-order valence-electron chi connectivity index (χ3n) is 5.25. The number of halogens is 1. The molecular formula is C21H23FN2O4S. The van der Waals surface area contributed by atoms with Crippen molar-refractivity contribution in [2.24, 2.45) is 0 Å². The van der Waals surface area contributed by atoms with Gasteiger partial charge in [0.15, 0.2) is 0 Å². The van der Waals surface area contributed by atoms with Crippen molar-refractivity contribution in [3.63, 3.8) is 0 Å². The predicted molar refractivity (Wildman–Crippen MR) is 107 cm³/mol. The topological polar surface area (TPSA) is 74.8 Å². The van der Waals surface area contributed by atoms with E-state index in [2.05, 4.69) is 0 Å². The summed E-state index contributed by atoms with van der Waals surface area (Å²) >= 11 is 0. The Kier molecular flexibility index (Phi) is 5.60. The van der Waals surface area contributed by atoms with Crippen LogP contribution < -0.4 is 4.90 Å². The number of rotatable bonds is 6. The van der Waals surface area contributed by atoms with Crippen molar-refractivity contribution in [3.8, 4) is 0 Å². The summed E-state index contributed by atoms with van der Waals surface area (Å²) < 4.78 is 41.3. The monoisotopic (exact) mass is 418 g/mol. The van der Waals surface area contributed by atoms with Gasteiger partial charge < -0.3 is 0 Å². The molecule has 154 valence electrons. The molecule has 1 aliphatic rings. The Morgan fingerprint density at radius 1 is 1.07 bits per heavy atom. The van der Waals surface area contributed by atoms with Crippen molar-refractivity contribution in [2.45, 2.75) is 50.1 Å². The molecule has 0 aromatic heterocycles. The highest BCUT2D eigenvalue weighted by Gasteiger charge is 2.51. The fourth-order valence-electron chi connectivity index (χ4n) is 3.44. The van der Waals surface area contributed by atoms with Crippen LogP contribution in [0.4, 0.5) is 10.1 Å². The summed E-state index contributed by atoms with van der Waals surface area (Å²) in [6, 6.07) is 11.7. The van der Waals surface area contributed by atoms with Crippen molar-refractivity contribution < 1.29 is 22.4 Å². The van der Waals surface area contributed by atoms with Gasteiger partial charge in [-0.15, -0.1) is 0 Å². The van der Waals surface area contributed by atoms with Crippen LogP contribution in [-0.2, 0) is 19.6 Å². The molecule has 1 saturated heterocycles. The van der Waals surface area contributed by atoms with Gasteiger partial charge >= 0.3 is 0 Å². The van der Waals surface area contributed by atoms with E-state index < -0.39 is 39.2 Å². The molecule has 1 heterocycles. The van der Waals surface area contributed by atoms with Crippen LogP contribution in [0.5, 0.6) is 0 Å². The van der Waals surface area contributed by atoms with E-state index >= 15 is 0 Å². The number of anilines is 1. The van der Waals surface area contributed by atoms with E-state index in [1.54, 1.807) is 44.2 Å². The Morgan fingerprint density at radius 3 is 2.21 bits per heavy atom. The van der Waals surface area contributed by atoms with Gasteiger partial charge in [0.2, 0.25) is 15.9 Å². The molecule has 6 nitrogen and oxygen atoms in total. The second-order valence-electron chi connectivity index (χ2n) is 7.54. The molecule has 0 saturated carbocycles. The first-order chi connectivity index (χ1) is 13.6. The molecule has 29 heavy (non-hydrogen) atoms. The molecule has 1 fully saturated rings. The summed E-state index contributed by atoms with van der Waals surface area (Å²) in [6.07, 6.45) is 0.161. The third-order valence-corrected chi connectivity index (χ3v) is 7.39. The van der Waals surface area contributed by atoms with Crippen LogP contribution in [0.2, 0.25) is 0 Å². The SMILES string of the molecule is CCC(C)(C)N(C1CC(=O)N(c2ccccc2)C1=O)S(=O)(=O)c1ccc(F)cc1. The van der Waals surface area contributed by atoms with Crippen molar-refractivity contribution in [3.05, 3.63) is 60.4 Å². The second-order valence-corrected chi connectivity index (χ2v) is 9.36. The van der Waals surface area contributed by atoms with E-state index in [1.807, 2.05) is 6.92 Å². The minimum absolute atomic E-state index is 0.126. The molecule has 1 aliphatic heterocycles. The summed E-state index contributed by atoms with van der Waals surface area (Å²) in [4.78, 5) is 26.8. The number of hydrogen-bond donors (Lipinski definition) is 0. The highest BCUT2D eigenvalue weighted by Crippen LogP contribution is 2.35. The van der Waals surface area contributed by atoms with Crippen molar-refractivity contribution >= 4 is 27.5 Å². The average Bonchev–Trinajstić information content (AvgIpc) is 2.96.